The average Bonchev–Trinajstić information content (AvgIpc) is 3.46. The summed E-state index contributed by atoms with van der Waals surface area (Å²) >= 11 is 1.58. The Kier molecular flexibility index (Phi) is 6.85. The molecule has 0 bridgehead atoms. The quantitative estimate of drug-likeness (QED) is 0.288. The Balaban J connectivity index is 1.74. The SMILES string of the molecule is CCCCOc1ccc(S(=O)(=O)n2cc(CCC(=O)O)c3cc(-c4ccsc4)ccc32)cc1. The molecule has 172 valence electrons. The molecule has 4 aromatic rings. The third-order valence-corrected chi connectivity index (χ3v) is 7.83. The van der Waals surface area contributed by atoms with Crippen LogP contribution < -0.4 is 4.74 Å². The number of nitrogens with zero attached hydrogens (tertiary/aromatic N) is 1. The van der Waals surface area contributed by atoms with Crippen LogP contribution in [0.2, 0.25) is 0 Å². The number of aryl methyl sites for hydroxylation is 1. The van der Waals surface area contributed by atoms with Gasteiger partial charge in [-0.3, -0.25) is 4.79 Å². The molecular weight excluding hydrogens is 458 g/mol. The molecule has 8 heteroatoms. The first-order valence-electron chi connectivity index (χ1n) is 10.8. The van der Waals surface area contributed by atoms with E-state index in [0.717, 1.165) is 29.4 Å². The van der Waals surface area contributed by atoms with Crippen LogP contribution in [-0.2, 0) is 21.2 Å². The first-order valence-corrected chi connectivity index (χ1v) is 13.1. The first-order chi connectivity index (χ1) is 15.9. The van der Waals surface area contributed by atoms with E-state index in [2.05, 4.69) is 6.92 Å². The van der Waals surface area contributed by atoms with Crippen LogP contribution >= 0.6 is 11.3 Å². The number of aliphatic carboxylic acids is 1. The number of rotatable bonds is 10. The van der Waals surface area contributed by atoms with E-state index in [9.17, 15) is 13.2 Å². The lowest BCUT2D eigenvalue weighted by Gasteiger charge is -2.10. The molecule has 0 radical (unpaired) electrons. The van der Waals surface area contributed by atoms with Gasteiger partial charge in [-0.15, -0.1) is 0 Å². The minimum atomic E-state index is -3.88. The van der Waals surface area contributed by atoms with Crippen molar-refractivity contribution in [3.63, 3.8) is 0 Å². The number of hydrogen-bond donors (Lipinski definition) is 1. The lowest BCUT2D eigenvalue weighted by molar-refractivity contribution is -0.136. The van der Waals surface area contributed by atoms with Gasteiger partial charge in [0.2, 0.25) is 0 Å². The van der Waals surface area contributed by atoms with E-state index in [0.29, 0.717) is 23.4 Å². The highest BCUT2D eigenvalue weighted by molar-refractivity contribution is 7.90. The first kappa shape index (κ1) is 23.1. The van der Waals surface area contributed by atoms with Crippen LogP contribution in [0.4, 0.5) is 0 Å². The molecule has 0 saturated carbocycles. The number of benzene rings is 2. The van der Waals surface area contributed by atoms with Gasteiger partial charge < -0.3 is 9.84 Å². The zero-order chi connectivity index (χ0) is 23.4. The van der Waals surface area contributed by atoms with Crippen LogP contribution in [-0.4, -0.2) is 30.1 Å². The van der Waals surface area contributed by atoms with Gasteiger partial charge in [-0.1, -0.05) is 19.4 Å². The molecule has 0 atom stereocenters. The second-order valence-corrected chi connectivity index (χ2v) is 10.4. The van der Waals surface area contributed by atoms with Gasteiger partial charge in [0.15, 0.2) is 0 Å². The van der Waals surface area contributed by atoms with E-state index in [-0.39, 0.29) is 17.7 Å². The van der Waals surface area contributed by atoms with Gasteiger partial charge in [-0.25, -0.2) is 12.4 Å². The van der Waals surface area contributed by atoms with Crippen molar-refractivity contribution < 1.29 is 23.1 Å². The number of carbonyl (C=O) groups is 1. The molecule has 0 amide bonds. The Bertz CT molecular complexity index is 1350. The summed E-state index contributed by atoms with van der Waals surface area (Å²) in [7, 11) is -3.88. The van der Waals surface area contributed by atoms with Gasteiger partial charge in [0, 0.05) is 18.0 Å². The number of carboxylic acids is 1. The van der Waals surface area contributed by atoms with Crippen LogP contribution in [0.15, 0.2) is 70.4 Å². The van der Waals surface area contributed by atoms with Gasteiger partial charge in [-0.2, -0.15) is 11.3 Å². The zero-order valence-corrected chi connectivity index (χ0v) is 19.9. The Morgan fingerprint density at radius 2 is 1.88 bits per heavy atom. The molecular formula is C25H25NO5S2. The van der Waals surface area contributed by atoms with Gasteiger partial charge in [-0.05, 0) is 82.8 Å². The van der Waals surface area contributed by atoms with Crippen LogP contribution in [0, 0.1) is 0 Å². The van der Waals surface area contributed by atoms with Gasteiger partial charge in [0.25, 0.3) is 10.0 Å². The Labute approximate surface area is 197 Å². The molecule has 33 heavy (non-hydrogen) atoms. The second kappa shape index (κ2) is 9.80. The summed E-state index contributed by atoms with van der Waals surface area (Å²) in [5.41, 5.74) is 3.22. The Hall–Kier alpha value is -3.10. The van der Waals surface area contributed by atoms with Gasteiger partial charge in [0.05, 0.1) is 17.0 Å². The van der Waals surface area contributed by atoms with E-state index in [1.54, 1.807) is 47.9 Å². The molecule has 0 aliphatic heterocycles. The summed E-state index contributed by atoms with van der Waals surface area (Å²) in [6.45, 7) is 2.67. The molecule has 2 aromatic heterocycles. The molecule has 0 aliphatic rings. The third-order valence-electron chi connectivity index (χ3n) is 5.46. The molecule has 0 spiro atoms. The predicted octanol–water partition coefficient (Wildman–Crippen LogP) is 5.80. The molecule has 2 aromatic carbocycles. The lowest BCUT2D eigenvalue weighted by Crippen LogP contribution is -2.12. The number of aromatic nitrogens is 1. The third kappa shape index (κ3) is 4.96. The maximum atomic E-state index is 13.5. The topological polar surface area (TPSA) is 85.6 Å². The molecule has 0 unspecified atom stereocenters. The summed E-state index contributed by atoms with van der Waals surface area (Å²) < 4.78 is 33.9. The van der Waals surface area contributed by atoms with Gasteiger partial charge >= 0.3 is 5.97 Å². The Morgan fingerprint density at radius 1 is 1.09 bits per heavy atom. The lowest BCUT2D eigenvalue weighted by atomic mass is 10.0. The number of unbranched alkanes of at least 4 members (excludes halogenated alkanes) is 1. The van der Waals surface area contributed by atoms with Crippen molar-refractivity contribution in [3.05, 3.63) is 71.1 Å². The van der Waals surface area contributed by atoms with Crippen molar-refractivity contribution in [3.8, 4) is 16.9 Å². The van der Waals surface area contributed by atoms with E-state index < -0.39 is 16.0 Å². The fraction of sp³-hybridized carbons (Fsp3) is 0.240. The van der Waals surface area contributed by atoms with Crippen LogP contribution in [0.25, 0.3) is 22.0 Å². The standard InChI is InChI=1S/C25H25NO5S2/c1-2-3-13-31-21-6-8-22(9-7-21)33(29,30)26-16-19(5-11-25(27)28)23-15-18(4-10-24(23)26)20-12-14-32-17-20/h4,6-10,12,14-17H,2-3,5,11,13H2,1H3,(H,27,28). The molecule has 1 N–H and O–H groups in total. The Morgan fingerprint density at radius 3 is 2.55 bits per heavy atom. The number of fused-ring (bicyclic) bond motifs is 1. The predicted molar refractivity (Wildman–Crippen MR) is 131 cm³/mol. The van der Waals surface area contributed by atoms with Crippen molar-refractivity contribution in [1.82, 2.24) is 3.97 Å². The minimum absolute atomic E-state index is 0.0777. The molecule has 0 aliphatic carbocycles. The van der Waals surface area contributed by atoms with Crippen molar-refractivity contribution in [2.45, 2.75) is 37.5 Å². The largest absolute Gasteiger partial charge is 0.494 e. The molecule has 2 heterocycles. The van der Waals surface area contributed by atoms with Crippen LogP contribution in [0.3, 0.4) is 0 Å². The average molecular weight is 484 g/mol. The summed E-state index contributed by atoms with van der Waals surface area (Å²) in [6.07, 6.45) is 3.66. The number of carboxylic acid groups (broad SMARTS) is 1. The van der Waals surface area contributed by atoms with Crippen molar-refractivity contribution in [1.29, 1.82) is 0 Å². The number of hydrogen-bond acceptors (Lipinski definition) is 5. The van der Waals surface area contributed by atoms with Crippen molar-refractivity contribution >= 4 is 38.2 Å². The van der Waals surface area contributed by atoms with E-state index in [1.165, 1.54) is 3.97 Å². The molecule has 0 fully saturated rings. The summed E-state index contributed by atoms with van der Waals surface area (Å²) in [5, 5.41) is 13.9. The zero-order valence-electron chi connectivity index (χ0n) is 18.2. The molecule has 6 nitrogen and oxygen atoms in total. The highest BCUT2D eigenvalue weighted by Crippen LogP contribution is 2.32. The van der Waals surface area contributed by atoms with E-state index in [1.807, 2.05) is 29.0 Å². The van der Waals surface area contributed by atoms with Crippen LogP contribution in [0.5, 0.6) is 5.75 Å². The highest BCUT2D eigenvalue weighted by Gasteiger charge is 2.22. The van der Waals surface area contributed by atoms with E-state index >= 15 is 0 Å². The monoisotopic (exact) mass is 483 g/mol. The van der Waals surface area contributed by atoms with Gasteiger partial charge in [0.1, 0.15) is 5.75 Å². The summed E-state index contributed by atoms with van der Waals surface area (Å²) in [4.78, 5) is 11.3. The maximum Gasteiger partial charge on any atom is 0.303 e. The van der Waals surface area contributed by atoms with E-state index in [4.69, 9.17) is 9.84 Å². The molecule has 4 rings (SSSR count). The number of thiophene rings is 1. The smallest absolute Gasteiger partial charge is 0.303 e. The van der Waals surface area contributed by atoms with Crippen molar-refractivity contribution in [2.75, 3.05) is 6.61 Å². The fourth-order valence-corrected chi connectivity index (χ4v) is 5.73. The maximum absolute atomic E-state index is 13.5. The fourth-order valence-electron chi connectivity index (χ4n) is 3.67. The normalized spacial score (nSPS) is 11.7. The molecule has 0 saturated heterocycles. The minimum Gasteiger partial charge on any atom is -0.494 e. The highest BCUT2D eigenvalue weighted by atomic mass is 32.2. The summed E-state index contributed by atoms with van der Waals surface area (Å²) in [6, 6.07) is 14.0. The van der Waals surface area contributed by atoms with Crippen molar-refractivity contribution in [2.24, 2.45) is 0 Å². The summed E-state index contributed by atoms with van der Waals surface area (Å²) in [5.74, 6) is -0.297. The number of ether oxygens (including phenoxy) is 1. The second-order valence-electron chi connectivity index (χ2n) is 7.77. The van der Waals surface area contributed by atoms with Crippen LogP contribution in [0.1, 0.15) is 31.7 Å².